The maximum atomic E-state index is 12.4. The molecule has 130 valence electrons. The van der Waals surface area contributed by atoms with Crippen molar-refractivity contribution < 1.29 is 4.79 Å². The third-order valence-corrected chi connectivity index (χ3v) is 4.59. The molecule has 0 bridgehead atoms. The molecule has 2 aromatic rings. The minimum Gasteiger partial charge on any atom is -0.353 e. The normalized spacial score (nSPS) is 15.2. The Balaban J connectivity index is 1.54. The molecule has 1 saturated heterocycles. The van der Waals surface area contributed by atoms with E-state index in [2.05, 4.69) is 48.0 Å². The van der Waals surface area contributed by atoms with Gasteiger partial charge in [0.1, 0.15) is 5.82 Å². The Hall–Kier alpha value is -2.62. The third kappa shape index (κ3) is 4.47. The van der Waals surface area contributed by atoms with Crippen LogP contribution in [0, 0.1) is 0 Å². The zero-order chi connectivity index (χ0) is 17.6. The van der Waals surface area contributed by atoms with Gasteiger partial charge in [0.2, 0.25) is 5.91 Å². The van der Waals surface area contributed by atoms with E-state index in [0.717, 1.165) is 37.6 Å². The van der Waals surface area contributed by atoms with E-state index in [4.69, 9.17) is 0 Å². The van der Waals surface area contributed by atoms with Crippen LogP contribution in [-0.2, 0) is 4.79 Å². The van der Waals surface area contributed by atoms with Crippen LogP contribution in [0.4, 0.5) is 5.82 Å². The maximum Gasteiger partial charge on any atom is 0.246 e. The van der Waals surface area contributed by atoms with Gasteiger partial charge in [0.05, 0.1) is 0 Å². The van der Waals surface area contributed by atoms with Crippen LogP contribution < -0.4 is 4.90 Å². The molecule has 1 amide bonds. The number of benzene rings is 1. The van der Waals surface area contributed by atoms with Gasteiger partial charge >= 0.3 is 0 Å². The molecule has 0 N–H and O–H groups in total. The molecule has 1 aliphatic rings. The zero-order valence-electron chi connectivity index (χ0n) is 14.9. The lowest BCUT2D eigenvalue weighted by Crippen LogP contribution is -2.48. The van der Waals surface area contributed by atoms with Gasteiger partial charge in [-0.2, -0.15) is 0 Å². The molecule has 0 aliphatic carbocycles. The number of nitrogens with zero attached hydrogens (tertiary/aromatic N) is 3. The van der Waals surface area contributed by atoms with Crippen molar-refractivity contribution in [1.82, 2.24) is 9.88 Å². The van der Waals surface area contributed by atoms with E-state index in [1.54, 1.807) is 12.3 Å². The highest BCUT2D eigenvalue weighted by molar-refractivity contribution is 5.92. The molecule has 2 heterocycles. The minimum atomic E-state index is 0.0774. The van der Waals surface area contributed by atoms with E-state index >= 15 is 0 Å². The lowest BCUT2D eigenvalue weighted by atomic mass is 10.0. The van der Waals surface area contributed by atoms with Crippen LogP contribution in [0.25, 0.3) is 6.08 Å². The molecule has 3 rings (SSSR count). The van der Waals surface area contributed by atoms with Crippen LogP contribution in [0.1, 0.15) is 30.9 Å². The summed E-state index contributed by atoms with van der Waals surface area (Å²) in [5.41, 5.74) is 2.37. The highest BCUT2D eigenvalue weighted by atomic mass is 16.2. The van der Waals surface area contributed by atoms with E-state index in [0.29, 0.717) is 5.92 Å². The second-order valence-corrected chi connectivity index (χ2v) is 6.65. The van der Waals surface area contributed by atoms with Crippen LogP contribution in [-0.4, -0.2) is 42.0 Å². The number of carbonyl (C=O) groups is 1. The van der Waals surface area contributed by atoms with Crippen molar-refractivity contribution >= 4 is 17.8 Å². The van der Waals surface area contributed by atoms with Crippen LogP contribution in [0.15, 0.2) is 54.7 Å². The summed E-state index contributed by atoms with van der Waals surface area (Å²) in [6, 6.07) is 14.3. The fraction of sp³-hybridized carbons (Fsp3) is 0.333. The summed E-state index contributed by atoms with van der Waals surface area (Å²) in [5.74, 6) is 1.58. The maximum absolute atomic E-state index is 12.4. The van der Waals surface area contributed by atoms with Gasteiger partial charge < -0.3 is 9.80 Å². The standard InChI is InChI=1S/C21H25N3O/c1-17(2)19-9-6-18(7-10-19)8-11-21(25)24-15-13-23(14-16-24)20-5-3-4-12-22-20/h3-12,17H,13-16H2,1-2H3/b11-8+. The Morgan fingerprint density at radius 2 is 1.76 bits per heavy atom. The lowest BCUT2D eigenvalue weighted by Gasteiger charge is -2.34. The summed E-state index contributed by atoms with van der Waals surface area (Å²) in [5, 5.41) is 0. The Kier molecular flexibility index (Phi) is 5.49. The van der Waals surface area contributed by atoms with Crippen LogP contribution in [0.2, 0.25) is 0 Å². The monoisotopic (exact) mass is 335 g/mol. The molecule has 1 fully saturated rings. The van der Waals surface area contributed by atoms with Gasteiger partial charge in [0.15, 0.2) is 0 Å². The molecule has 0 spiro atoms. The number of aromatic nitrogens is 1. The number of anilines is 1. The number of hydrogen-bond donors (Lipinski definition) is 0. The molecule has 4 heteroatoms. The van der Waals surface area contributed by atoms with Crippen LogP contribution in [0.5, 0.6) is 0 Å². The Labute approximate surface area is 149 Å². The number of hydrogen-bond acceptors (Lipinski definition) is 3. The van der Waals surface area contributed by atoms with Gasteiger partial charge in [-0.05, 0) is 35.3 Å². The van der Waals surface area contributed by atoms with Crippen molar-refractivity contribution in [3.63, 3.8) is 0 Å². The molecule has 1 aromatic heterocycles. The van der Waals surface area contributed by atoms with Gasteiger partial charge in [-0.15, -0.1) is 0 Å². The second-order valence-electron chi connectivity index (χ2n) is 6.65. The molecule has 0 radical (unpaired) electrons. The van der Waals surface area contributed by atoms with Gasteiger partial charge in [-0.25, -0.2) is 4.98 Å². The largest absolute Gasteiger partial charge is 0.353 e. The summed E-state index contributed by atoms with van der Waals surface area (Å²) >= 11 is 0. The number of amides is 1. The summed E-state index contributed by atoms with van der Waals surface area (Å²) in [6.07, 6.45) is 5.39. The molecular weight excluding hydrogens is 310 g/mol. The number of rotatable bonds is 4. The quantitative estimate of drug-likeness (QED) is 0.802. The van der Waals surface area contributed by atoms with Crippen molar-refractivity contribution in [2.45, 2.75) is 19.8 Å². The molecule has 4 nitrogen and oxygen atoms in total. The van der Waals surface area contributed by atoms with E-state index in [9.17, 15) is 4.79 Å². The van der Waals surface area contributed by atoms with Crippen LogP contribution >= 0.6 is 0 Å². The van der Waals surface area contributed by atoms with E-state index in [1.165, 1.54) is 5.56 Å². The molecule has 0 saturated carbocycles. The third-order valence-electron chi connectivity index (χ3n) is 4.59. The van der Waals surface area contributed by atoms with Gasteiger partial charge in [0, 0.05) is 38.5 Å². The van der Waals surface area contributed by atoms with Crippen LogP contribution in [0.3, 0.4) is 0 Å². The summed E-state index contributed by atoms with van der Waals surface area (Å²) in [4.78, 5) is 20.9. The molecule has 0 unspecified atom stereocenters. The molecule has 25 heavy (non-hydrogen) atoms. The first kappa shape index (κ1) is 17.2. The van der Waals surface area contributed by atoms with E-state index in [-0.39, 0.29) is 5.91 Å². The van der Waals surface area contributed by atoms with Crippen molar-refractivity contribution in [2.24, 2.45) is 0 Å². The first-order valence-corrected chi connectivity index (χ1v) is 8.86. The predicted octanol–water partition coefficient (Wildman–Crippen LogP) is 3.57. The zero-order valence-corrected chi connectivity index (χ0v) is 14.9. The summed E-state index contributed by atoms with van der Waals surface area (Å²) < 4.78 is 0. The van der Waals surface area contributed by atoms with Crippen molar-refractivity contribution in [3.05, 3.63) is 65.9 Å². The van der Waals surface area contributed by atoms with Gasteiger partial charge in [0.25, 0.3) is 0 Å². The van der Waals surface area contributed by atoms with Gasteiger partial charge in [-0.3, -0.25) is 4.79 Å². The first-order chi connectivity index (χ1) is 12.1. The Morgan fingerprint density at radius 1 is 1.04 bits per heavy atom. The number of pyridine rings is 1. The Morgan fingerprint density at radius 3 is 2.36 bits per heavy atom. The minimum absolute atomic E-state index is 0.0774. The van der Waals surface area contributed by atoms with Crippen molar-refractivity contribution in [3.8, 4) is 0 Å². The van der Waals surface area contributed by atoms with Gasteiger partial charge in [-0.1, -0.05) is 44.2 Å². The smallest absolute Gasteiger partial charge is 0.246 e. The average molecular weight is 335 g/mol. The van der Waals surface area contributed by atoms with Crippen molar-refractivity contribution in [2.75, 3.05) is 31.1 Å². The first-order valence-electron chi connectivity index (χ1n) is 8.86. The summed E-state index contributed by atoms with van der Waals surface area (Å²) in [7, 11) is 0. The topological polar surface area (TPSA) is 36.4 Å². The lowest BCUT2D eigenvalue weighted by molar-refractivity contribution is -0.126. The predicted molar refractivity (Wildman–Crippen MR) is 103 cm³/mol. The SMILES string of the molecule is CC(C)c1ccc(/C=C/C(=O)N2CCN(c3ccccn3)CC2)cc1. The summed E-state index contributed by atoms with van der Waals surface area (Å²) in [6.45, 7) is 7.45. The fourth-order valence-corrected chi connectivity index (χ4v) is 2.96. The number of carbonyl (C=O) groups excluding carboxylic acids is 1. The molecule has 1 aromatic carbocycles. The highest BCUT2D eigenvalue weighted by Crippen LogP contribution is 2.16. The Bertz CT molecular complexity index is 715. The average Bonchev–Trinajstić information content (AvgIpc) is 2.67. The molecule has 0 atom stereocenters. The highest BCUT2D eigenvalue weighted by Gasteiger charge is 2.20. The van der Waals surface area contributed by atoms with E-state index in [1.807, 2.05) is 29.2 Å². The number of piperazine rings is 1. The van der Waals surface area contributed by atoms with E-state index < -0.39 is 0 Å². The van der Waals surface area contributed by atoms with Crippen molar-refractivity contribution in [1.29, 1.82) is 0 Å². The second kappa shape index (κ2) is 7.97. The molecule has 1 aliphatic heterocycles. The fourth-order valence-electron chi connectivity index (χ4n) is 2.96. The molecular formula is C21H25N3O.